The van der Waals surface area contributed by atoms with Gasteiger partial charge < -0.3 is 24.2 Å². The molecule has 0 saturated carbocycles. The van der Waals surface area contributed by atoms with Crippen LogP contribution in [0.4, 0.5) is 5.69 Å². The summed E-state index contributed by atoms with van der Waals surface area (Å²) >= 11 is 0. The molecule has 1 N–H and O–H groups in total. The molecule has 3 aromatic rings. The maximum Gasteiger partial charge on any atom is 0.227 e. The van der Waals surface area contributed by atoms with Crippen LogP contribution in [0, 0.1) is 0 Å². The fraction of sp³-hybridized carbons (Fsp3) is 0.318. The summed E-state index contributed by atoms with van der Waals surface area (Å²) in [7, 11) is 7.15. The van der Waals surface area contributed by atoms with Crippen LogP contribution in [-0.2, 0) is 17.8 Å². The van der Waals surface area contributed by atoms with E-state index in [1.54, 1.807) is 14.2 Å². The van der Waals surface area contributed by atoms with Crippen molar-refractivity contribution in [3.05, 3.63) is 53.9 Å². The summed E-state index contributed by atoms with van der Waals surface area (Å²) < 4.78 is 15.8. The predicted octanol–water partition coefficient (Wildman–Crippen LogP) is 3.07. The third kappa shape index (κ3) is 5.28. The second kappa shape index (κ2) is 9.78. The van der Waals surface area contributed by atoms with E-state index in [1.165, 1.54) is 0 Å². The second-order valence-electron chi connectivity index (χ2n) is 6.91. The minimum atomic E-state index is -0.116. The molecule has 1 aromatic heterocycles. The number of hydrogen-bond acceptors (Lipinski definition) is 7. The molecule has 8 nitrogen and oxygen atoms in total. The monoisotopic (exact) mass is 410 g/mol. The molecule has 1 amide bonds. The van der Waals surface area contributed by atoms with E-state index in [2.05, 4.69) is 15.5 Å². The molecule has 30 heavy (non-hydrogen) atoms. The molecule has 8 heteroatoms. The van der Waals surface area contributed by atoms with Gasteiger partial charge in [-0.25, -0.2) is 0 Å². The van der Waals surface area contributed by atoms with Crippen LogP contribution in [0.5, 0.6) is 11.5 Å². The first-order chi connectivity index (χ1) is 14.5. The van der Waals surface area contributed by atoms with E-state index in [0.29, 0.717) is 36.2 Å². The Balaban J connectivity index is 1.53. The van der Waals surface area contributed by atoms with Gasteiger partial charge in [-0.2, -0.15) is 4.98 Å². The van der Waals surface area contributed by atoms with E-state index in [0.717, 1.165) is 16.8 Å². The molecule has 158 valence electrons. The van der Waals surface area contributed by atoms with E-state index < -0.39 is 0 Å². The van der Waals surface area contributed by atoms with Crippen molar-refractivity contribution < 1.29 is 18.8 Å². The molecule has 0 radical (unpaired) electrons. The Hall–Kier alpha value is -3.55. The molecule has 0 aliphatic heterocycles. The maximum atomic E-state index is 12.2. The summed E-state index contributed by atoms with van der Waals surface area (Å²) in [4.78, 5) is 18.7. The number of carbonyl (C=O) groups excluding carboxylic acids is 1. The number of aromatic nitrogens is 2. The Bertz CT molecular complexity index is 983. The number of aryl methyl sites for hydroxylation is 1. The Morgan fingerprint density at radius 2 is 1.87 bits per heavy atom. The van der Waals surface area contributed by atoms with Crippen LogP contribution < -0.4 is 19.7 Å². The van der Waals surface area contributed by atoms with Gasteiger partial charge in [0.25, 0.3) is 0 Å². The van der Waals surface area contributed by atoms with Gasteiger partial charge in [-0.15, -0.1) is 0 Å². The van der Waals surface area contributed by atoms with Crippen LogP contribution in [0.25, 0.3) is 11.4 Å². The molecule has 2 aromatic carbocycles. The Morgan fingerprint density at radius 3 is 2.53 bits per heavy atom. The zero-order valence-corrected chi connectivity index (χ0v) is 17.6. The van der Waals surface area contributed by atoms with Crippen molar-refractivity contribution >= 4 is 11.6 Å². The second-order valence-corrected chi connectivity index (χ2v) is 6.91. The van der Waals surface area contributed by atoms with Gasteiger partial charge in [-0.3, -0.25) is 4.79 Å². The van der Waals surface area contributed by atoms with Gasteiger partial charge in [-0.1, -0.05) is 5.16 Å². The normalized spacial score (nSPS) is 10.5. The van der Waals surface area contributed by atoms with Gasteiger partial charge in [-0.05, 0) is 42.5 Å². The summed E-state index contributed by atoms with van der Waals surface area (Å²) in [6, 6.07) is 13.3. The topological polar surface area (TPSA) is 89.7 Å². The molecule has 0 aliphatic carbocycles. The number of hydrogen-bond donors (Lipinski definition) is 1. The zero-order chi connectivity index (χ0) is 21.5. The van der Waals surface area contributed by atoms with Crippen molar-refractivity contribution in [3.63, 3.8) is 0 Å². The van der Waals surface area contributed by atoms with E-state index in [4.69, 9.17) is 14.0 Å². The average Bonchev–Trinajstić information content (AvgIpc) is 3.25. The quantitative estimate of drug-likeness (QED) is 0.580. The van der Waals surface area contributed by atoms with Crippen molar-refractivity contribution in [2.45, 2.75) is 19.4 Å². The molecular formula is C22H26N4O4. The predicted molar refractivity (Wildman–Crippen MR) is 114 cm³/mol. The molecule has 0 aliphatic rings. The summed E-state index contributed by atoms with van der Waals surface area (Å²) in [5.74, 6) is 2.22. The fourth-order valence-electron chi connectivity index (χ4n) is 2.91. The number of rotatable bonds is 9. The summed E-state index contributed by atoms with van der Waals surface area (Å²) in [5, 5.41) is 6.89. The highest BCUT2D eigenvalue weighted by molar-refractivity contribution is 5.76. The Morgan fingerprint density at radius 1 is 1.10 bits per heavy atom. The largest absolute Gasteiger partial charge is 0.497 e. The molecular weight excluding hydrogens is 384 g/mol. The number of benzene rings is 2. The van der Waals surface area contributed by atoms with Gasteiger partial charge in [0, 0.05) is 50.3 Å². The van der Waals surface area contributed by atoms with Gasteiger partial charge in [0.1, 0.15) is 11.5 Å². The summed E-state index contributed by atoms with van der Waals surface area (Å²) in [6.45, 7) is 0.340. The number of carbonyl (C=O) groups is 1. The lowest BCUT2D eigenvalue weighted by atomic mass is 10.2. The van der Waals surface area contributed by atoms with Crippen LogP contribution in [0.2, 0.25) is 0 Å². The first-order valence-corrected chi connectivity index (χ1v) is 9.58. The SMILES string of the molecule is COc1ccc(OC)c(CNC(=O)CCc2nc(-c3ccc(N(C)C)cc3)no2)c1. The molecule has 1 heterocycles. The van der Waals surface area contributed by atoms with Crippen LogP contribution in [0.3, 0.4) is 0 Å². The number of nitrogens with one attached hydrogen (secondary N) is 1. The van der Waals surface area contributed by atoms with E-state index >= 15 is 0 Å². The minimum Gasteiger partial charge on any atom is -0.497 e. The molecule has 0 spiro atoms. The van der Waals surface area contributed by atoms with E-state index in [-0.39, 0.29) is 12.3 Å². The zero-order valence-electron chi connectivity index (χ0n) is 17.6. The smallest absolute Gasteiger partial charge is 0.227 e. The molecule has 0 bridgehead atoms. The number of nitrogens with zero attached hydrogens (tertiary/aromatic N) is 3. The number of methoxy groups -OCH3 is 2. The van der Waals surface area contributed by atoms with Gasteiger partial charge in [0.15, 0.2) is 0 Å². The highest BCUT2D eigenvalue weighted by atomic mass is 16.5. The minimum absolute atomic E-state index is 0.116. The van der Waals surface area contributed by atoms with Gasteiger partial charge in [0.05, 0.1) is 14.2 Å². The van der Waals surface area contributed by atoms with Crippen molar-refractivity contribution in [2.24, 2.45) is 0 Å². The van der Waals surface area contributed by atoms with Crippen LogP contribution in [-0.4, -0.2) is 44.4 Å². The summed E-state index contributed by atoms with van der Waals surface area (Å²) in [6.07, 6.45) is 0.608. The van der Waals surface area contributed by atoms with Crippen LogP contribution >= 0.6 is 0 Å². The van der Waals surface area contributed by atoms with E-state index in [1.807, 2.05) is 61.5 Å². The van der Waals surface area contributed by atoms with Crippen molar-refractivity contribution in [2.75, 3.05) is 33.2 Å². The standard InChI is InChI=1S/C22H26N4O4/c1-26(2)17-7-5-15(6-8-17)22-24-21(30-25-22)12-11-20(27)23-14-16-13-18(28-3)9-10-19(16)29-4/h5-10,13H,11-12,14H2,1-4H3,(H,23,27). The number of amides is 1. The Kier molecular flexibility index (Phi) is 6.90. The highest BCUT2D eigenvalue weighted by Crippen LogP contribution is 2.24. The van der Waals surface area contributed by atoms with Gasteiger partial charge in [0.2, 0.25) is 17.6 Å². The van der Waals surface area contributed by atoms with Gasteiger partial charge >= 0.3 is 0 Å². The van der Waals surface area contributed by atoms with Crippen LogP contribution in [0.1, 0.15) is 17.9 Å². The lowest BCUT2D eigenvalue weighted by Crippen LogP contribution is -2.23. The maximum absolute atomic E-state index is 12.2. The number of ether oxygens (including phenoxy) is 2. The molecule has 0 saturated heterocycles. The number of anilines is 1. The third-order valence-electron chi connectivity index (χ3n) is 4.64. The Labute approximate surface area is 175 Å². The molecule has 0 unspecified atom stereocenters. The third-order valence-corrected chi connectivity index (χ3v) is 4.64. The molecule has 0 fully saturated rings. The van der Waals surface area contributed by atoms with E-state index in [9.17, 15) is 4.79 Å². The van der Waals surface area contributed by atoms with Crippen LogP contribution in [0.15, 0.2) is 47.0 Å². The lowest BCUT2D eigenvalue weighted by molar-refractivity contribution is -0.121. The molecule has 3 rings (SSSR count). The highest BCUT2D eigenvalue weighted by Gasteiger charge is 2.12. The fourth-order valence-corrected chi connectivity index (χ4v) is 2.91. The van der Waals surface area contributed by atoms with Crippen molar-refractivity contribution in [3.8, 4) is 22.9 Å². The first-order valence-electron chi connectivity index (χ1n) is 9.58. The first kappa shape index (κ1) is 21.2. The lowest BCUT2D eigenvalue weighted by Gasteiger charge is -2.11. The molecule has 0 atom stereocenters. The van der Waals surface area contributed by atoms with Crippen molar-refractivity contribution in [1.29, 1.82) is 0 Å². The average molecular weight is 410 g/mol. The summed E-state index contributed by atoms with van der Waals surface area (Å²) in [5.41, 5.74) is 2.79. The van der Waals surface area contributed by atoms with Crippen molar-refractivity contribution in [1.82, 2.24) is 15.5 Å².